The lowest BCUT2D eigenvalue weighted by Crippen LogP contribution is -2.30. The third-order valence-electron chi connectivity index (χ3n) is 2.41. The molecule has 17 heavy (non-hydrogen) atoms. The minimum absolute atomic E-state index is 0. The molecule has 1 amide bonds. The van der Waals surface area contributed by atoms with Gasteiger partial charge in [-0.1, -0.05) is 30.3 Å². The summed E-state index contributed by atoms with van der Waals surface area (Å²) in [5.41, 5.74) is 1.30. The van der Waals surface area contributed by atoms with Gasteiger partial charge < -0.3 is 10.6 Å². The fourth-order valence-electron chi connectivity index (χ4n) is 1.51. The first-order valence-electron chi connectivity index (χ1n) is 5.78. The molecule has 0 atom stereocenters. The summed E-state index contributed by atoms with van der Waals surface area (Å²) in [6.07, 6.45) is 2.49. The molecule has 96 valence electrons. The molecule has 0 fully saturated rings. The highest BCUT2D eigenvalue weighted by Gasteiger charge is 2.00. The molecule has 4 heteroatoms. The molecule has 0 radical (unpaired) electrons. The standard InChI is InChI=1S/C13H20N2O.ClH/c1-14-10-11-15-13(16)9-5-8-12-6-3-2-4-7-12;/h2-4,6-7,14H,5,8-11H2,1H3,(H,15,16);1H. The Hall–Kier alpha value is -1.06. The smallest absolute Gasteiger partial charge is 0.220 e. The predicted octanol–water partition coefficient (Wildman–Crippen LogP) is 1.77. The molecule has 1 aromatic carbocycles. The van der Waals surface area contributed by atoms with Crippen LogP contribution >= 0.6 is 12.4 Å². The number of hydrogen-bond acceptors (Lipinski definition) is 2. The van der Waals surface area contributed by atoms with Gasteiger partial charge in [0.1, 0.15) is 0 Å². The van der Waals surface area contributed by atoms with Crippen LogP contribution in [-0.2, 0) is 11.2 Å². The summed E-state index contributed by atoms with van der Waals surface area (Å²) < 4.78 is 0. The first-order chi connectivity index (χ1) is 7.83. The van der Waals surface area contributed by atoms with E-state index < -0.39 is 0 Å². The van der Waals surface area contributed by atoms with Gasteiger partial charge in [-0.25, -0.2) is 0 Å². The number of rotatable bonds is 7. The van der Waals surface area contributed by atoms with Gasteiger partial charge in [-0.2, -0.15) is 0 Å². The molecule has 0 spiro atoms. The fourth-order valence-corrected chi connectivity index (χ4v) is 1.51. The summed E-state index contributed by atoms with van der Waals surface area (Å²) in [5, 5.41) is 5.86. The van der Waals surface area contributed by atoms with Crippen molar-refractivity contribution >= 4 is 18.3 Å². The molecule has 2 N–H and O–H groups in total. The van der Waals surface area contributed by atoms with Crippen molar-refractivity contribution in [2.24, 2.45) is 0 Å². The number of aryl methyl sites for hydroxylation is 1. The third kappa shape index (κ3) is 7.77. The number of amides is 1. The van der Waals surface area contributed by atoms with Crippen LogP contribution in [-0.4, -0.2) is 26.0 Å². The average Bonchev–Trinajstić information content (AvgIpc) is 2.31. The Morgan fingerprint density at radius 3 is 2.53 bits per heavy atom. The molecule has 0 bridgehead atoms. The largest absolute Gasteiger partial charge is 0.355 e. The summed E-state index contributed by atoms with van der Waals surface area (Å²) in [6.45, 7) is 1.53. The number of benzene rings is 1. The highest BCUT2D eigenvalue weighted by atomic mass is 35.5. The molecule has 0 saturated carbocycles. The van der Waals surface area contributed by atoms with E-state index in [1.807, 2.05) is 25.2 Å². The lowest BCUT2D eigenvalue weighted by molar-refractivity contribution is -0.121. The van der Waals surface area contributed by atoms with E-state index in [0.717, 1.165) is 19.4 Å². The zero-order valence-electron chi connectivity index (χ0n) is 10.2. The highest BCUT2D eigenvalue weighted by molar-refractivity contribution is 5.85. The Labute approximate surface area is 109 Å². The van der Waals surface area contributed by atoms with Crippen LogP contribution < -0.4 is 10.6 Å². The Balaban J connectivity index is 0.00000256. The first-order valence-corrected chi connectivity index (χ1v) is 5.78. The van der Waals surface area contributed by atoms with Crippen LogP contribution in [0.25, 0.3) is 0 Å². The number of nitrogens with one attached hydrogen (secondary N) is 2. The monoisotopic (exact) mass is 256 g/mol. The minimum atomic E-state index is 0. The van der Waals surface area contributed by atoms with Crippen molar-refractivity contribution in [1.82, 2.24) is 10.6 Å². The molecule has 1 aromatic rings. The molecular formula is C13H21ClN2O. The summed E-state index contributed by atoms with van der Waals surface area (Å²) in [5.74, 6) is 0.145. The summed E-state index contributed by atoms with van der Waals surface area (Å²) >= 11 is 0. The Morgan fingerprint density at radius 2 is 1.88 bits per heavy atom. The molecule has 3 nitrogen and oxygen atoms in total. The van der Waals surface area contributed by atoms with Crippen LogP contribution in [0.15, 0.2) is 30.3 Å². The lowest BCUT2D eigenvalue weighted by Gasteiger charge is -2.04. The quantitative estimate of drug-likeness (QED) is 0.730. The van der Waals surface area contributed by atoms with Gasteiger partial charge >= 0.3 is 0 Å². The van der Waals surface area contributed by atoms with Crippen molar-refractivity contribution in [2.75, 3.05) is 20.1 Å². The van der Waals surface area contributed by atoms with Crippen LogP contribution in [0.2, 0.25) is 0 Å². The van der Waals surface area contributed by atoms with Crippen molar-refractivity contribution in [3.8, 4) is 0 Å². The van der Waals surface area contributed by atoms with Gasteiger partial charge in [0.05, 0.1) is 0 Å². The lowest BCUT2D eigenvalue weighted by atomic mass is 10.1. The zero-order valence-corrected chi connectivity index (χ0v) is 11.1. The second-order valence-corrected chi connectivity index (χ2v) is 3.79. The molecule has 0 aliphatic rings. The Kier molecular flexibility index (Phi) is 9.49. The molecule has 0 saturated heterocycles. The predicted molar refractivity (Wildman–Crippen MR) is 73.6 cm³/mol. The minimum Gasteiger partial charge on any atom is -0.355 e. The van der Waals surface area contributed by atoms with Crippen LogP contribution in [0, 0.1) is 0 Å². The van der Waals surface area contributed by atoms with Gasteiger partial charge in [0.25, 0.3) is 0 Å². The zero-order chi connectivity index (χ0) is 11.6. The SMILES string of the molecule is CNCCNC(=O)CCCc1ccccc1.Cl. The fraction of sp³-hybridized carbons (Fsp3) is 0.462. The van der Waals surface area contributed by atoms with Crippen LogP contribution in [0.3, 0.4) is 0 Å². The molecule has 0 aromatic heterocycles. The molecule has 0 heterocycles. The Morgan fingerprint density at radius 1 is 1.18 bits per heavy atom. The van der Waals surface area contributed by atoms with Crippen LogP contribution in [0.1, 0.15) is 18.4 Å². The number of carbonyl (C=O) groups is 1. The molecule has 0 aliphatic carbocycles. The number of carbonyl (C=O) groups excluding carboxylic acids is 1. The number of likely N-dealkylation sites (N-methyl/N-ethyl adjacent to an activating group) is 1. The molecule has 0 unspecified atom stereocenters. The maximum Gasteiger partial charge on any atom is 0.220 e. The van der Waals surface area contributed by atoms with Crippen molar-refractivity contribution in [2.45, 2.75) is 19.3 Å². The molecular weight excluding hydrogens is 236 g/mol. The summed E-state index contributed by atoms with van der Waals surface area (Å²) in [6, 6.07) is 10.3. The highest BCUT2D eigenvalue weighted by Crippen LogP contribution is 2.03. The maximum atomic E-state index is 11.4. The second kappa shape index (κ2) is 10.1. The van der Waals surface area contributed by atoms with Crippen molar-refractivity contribution in [3.63, 3.8) is 0 Å². The van der Waals surface area contributed by atoms with Gasteiger partial charge in [-0.3, -0.25) is 4.79 Å². The molecule has 0 aliphatic heterocycles. The summed E-state index contributed by atoms with van der Waals surface area (Å²) in [7, 11) is 1.88. The second-order valence-electron chi connectivity index (χ2n) is 3.79. The third-order valence-corrected chi connectivity index (χ3v) is 2.41. The van der Waals surface area contributed by atoms with Crippen molar-refractivity contribution in [1.29, 1.82) is 0 Å². The van der Waals surface area contributed by atoms with E-state index in [-0.39, 0.29) is 18.3 Å². The van der Waals surface area contributed by atoms with E-state index >= 15 is 0 Å². The van der Waals surface area contributed by atoms with Crippen LogP contribution in [0.5, 0.6) is 0 Å². The normalized spacial score (nSPS) is 9.47. The van der Waals surface area contributed by atoms with Gasteiger partial charge in [-0.05, 0) is 25.5 Å². The van der Waals surface area contributed by atoms with E-state index in [9.17, 15) is 4.79 Å². The van der Waals surface area contributed by atoms with Crippen LogP contribution in [0.4, 0.5) is 0 Å². The average molecular weight is 257 g/mol. The summed E-state index contributed by atoms with van der Waals surface area (Å²) in [4.78, 5) is 11.4. The topological polar surface area (TPSA) is 41.1 Å². The molecule has 1 rings (SSSR count). The van der Waals surface area contributed by atoms with Gasteiger partial charge in [0, 0.05) is 19.5 Å². The van der Waals surface area contributed by atoms with Gasteiger partial charge in [0.2, 0.25) is 5.91 Å². The van der Waals surface area contributed by atoms with E-state index in [4.69, 9.17) is 0 Å². The van der Waals surface area contributed by atoms with Crippen molar-refractivity contribution < 1.29 is 4.79 Å². The van der Waals surface area contributed by atoms with Gasteiger partial charge in [-0.15, -0.1) is 12.4 Å². The van der Waals surface area contributed by atoms with Crippen molar-refractivity contribution in [3.05, 3.63) is 35.9 Å². The van der Waals surface area contributed by atoms with E-state index in [2.05, 4.69) is 22.8 Å². The van der Waals surface area contributed by atoms with E-state index in [0.29, 0.717) is 13.0 Å². The Bertz CT molecular complexity index is 304. The van der Waals surface area contributed by atoms with E-state index in [1.54, 1.807) is 0 Å². The maximum absolute atomic E-state index is 11.4. The van der Waals surface area contributed by atoms with E-state index in [1.165, 1.54) is 5.56 Å². The van der Waals surface area contributed by atoms with Gasteiger partial charge in [0.15, 0.2) is 0 Å². The number of halogens is 1. The first kappa shape index (κ1) is 15.9. The number of hydrogen-bond donors (Lipinski definition) is 2.